The zero-order valence-corrected chi connectivity index (χ0v) is 13.4. The minimum Gasteiger partial charge on any atom is -0.310 e. The summed E-state index contributed by atoms with van der Waals surface area (Å²) in [6.45, 7) is 4.88. The molecule has 0 radical (unpaired) electrons. The fourth-order valence-electron chi connectivity index (χ4n) is 2.03. The van der Waals surface area contributed by atoms with Crippen molar-refractivity contribution in [2.24, 2.45) is 0 Å². The van der Waals surface area contributed by atoms with Gasteiger partial charge in [-0.3, -0.25) is 9.59 Å². The number of aryl methyl sites for hydroxylation is 1. The molecular weight excluding hydrogens is 302 g/mol. The molecule has 1 amide bonds. The first-order chi connectivity index (χ1) is 10.4. The number of amides is 1. The number of hydrogen-bond acceptors (Lipinski definition) is 4. The van der Waals surface area contributed by atoms with E-state index in [4.69, 9.17) is 11.6 Å². The van der Waals surface area contributed by atoms with Crippen LogP contribution in [0, 0.1) is 6.92 Å². The SMILES string of the molecule is CCC(=O)Nc1nc(-c2ccc(Cl)cc2)nc(C)c1C(C)=O. The van der Waals surface area contributed by atoms with Crippen LogP contribution in [0.3, 0.4) is 0 Å². The average Bonchev–Trinajstić information content (AvgIpc) is 2.46. The number of carbonyl (C=O) groups excluding carboxylic acids is 2. The number of rotatable bonds is 4. The number of benzene rings is 1. The fourth-order valence-corrected chi connectivity index (χ4v) is 2.16. The van der Waals surface area contributed by atoms with Crippen molar-refractivity contribution >= 4 is 29.1 Å². The van der Waals surface area contributed by atoms with Crippen LogP contribution in [0.2, 0.25) is 5.02 Å². The summed E-state index contributed by atoms with van der Waals surface area (Å²) in [6.07, 6.45) is 0.302. The maximum atomic E-state index is 11.8. The molecule has 1 heterocycles. The summed E-state index contributed by atoms with van der Waals surface area (Å²) in [7, 11) is 0. The maximum absolute atomic E-state index is 11.8. The summed E-state index contributed by atoms with van der Waals surface area (Å²) in [5.41, 5.74) is 1.62. The summed E-state index contributed by atoms with van der Waals surface area (Å²) < 4.78 is 0. The van der Waals surface area contributed by atoms with Gasteiger partial charge in [0.05, 0.1) is 11.3 Å². The summed E-state index contributed by atoms with van der Waals surface area (Å²) in [6, 6.07) is 7.05. The van der Waals surface area contributed by atoms with E-state index in [1.54, 1.807) is 38.1 Å². The van der Waals surface area contributed by atoms with Gasteiger partial charge < -0.3 is 5.32 Å². The minimum absolute atomic E-state index is 0.188. The molecule has 1 aromatic heterocycles. The lowest BCUT2D eigenvalue weighted by molar-refractivity contribution is -0.115. The van der Waals surface area contributed by atoms with Crippen LogP contribution in [0.5, 0.6) is 0 Å². The highest BCUT2D eigenvalue weighted by atomic mass is 35.5. The quantitative estimate of drug-likeness (QED) is 0.873. The van der Waals surface area contributed by atoms with E-state index in [0.29, 0.717) is 28.5 Å². The van der Waals surface area contributed by atoms with Gasteiger partial charge in [-0.05, 0) is 38.1 Å². The van der Waals surface area contributed by atoms with E-state index in [1.165, 1.54) is 6.92 Å². The number of hydrogen-bond donors (Lipinski definition) is 1. The lowest BCUT2D eigenvalue weighted by atomic mass is 10.1. The molecule has 0 aliphatic rings. The van der Waals surface area contributed by atoms with Crippen molar-refractivity contribution in [3.05, 3.63) is 40.5 Å². The van der Waals surface area contributed by atoms with Gasteiger partial charge in [-0.2, -0.15) is 0 Å². The average molecular weight is 318 g/mol. The molecule has 0 bridgehead atoms. The lowest BCUT2D eigenvalue weighted by Crippen LogP contribution is -2.16. The Morgan fingerprint density at radius 3 is 2.36 bits per heavy atom. The third-order valence-electron chi connectivity index (χ3n) is 3.12. The lowest BCUT2D eigenvalue weighted by Gasteiger charge is -2.12. The summed E-state index contributed by atoms with van der Waals surface area (Å²) in [4.78, 5) is 32.2. The third-order valence-corrected chi connectivity index (χ3v) is 3.38. The number of ketones is 1. The van der Waals surface area contributed by atoms with Crippen molar-refractivity contribution in [2.75, 3.05) is 5.32 Å². The minimum atomic E-state index is -0.206. The third kappa shape index (κ3) is 3.49. The van der Waals surface area contributed by atoms with Crippen molar-refractivity contribution in [1.29, 1.82) is 0 Å². The highest BCUT2D eigenvalue weighted by molar-refractivity contribution is 6.30. The molecule has 0 saturated carbocycles. The van der Waals surface area contributed by atoms with Gasteiger partial charge in [-0.25, -0.2) is 9.97 Å². The zero-order chi connectivity index (χ0) is 16.3. The van der Waals surface area contributed by atoms with Crippen LogP contribution in [0.15, 0.2) is 24.3 Å². The number of aromatic nitrogens is 2. The van der Waals surface area contributed by atoms with Crippen LogP contribution in [0.25, 0.3) is 11.4 Å². The first-order valence-electron chi connectivity index (χ1n) is 6.87. The first kappa shape index (κ1) is 16.1. The normalized spacial score (nSPS) is 10.4. The monoisotopic (exact) mass is 317 g/mol. The van der Waals surface area contributed by atoms with Gasteiger partial charge in [-0.1, -0.05) is 18.5 Å². The van der Waals surface area contributed by atoms with Gasteiger partial charge in [0, 0.05) is 17.0 Å². The molecule has 0 saturated heterocycles. The number of anilines is 1. The second-order valence-electron chi connectivity index (χ2n) is 4.82. The van der Waals surface area contributed by atoms with Gasteiger partial charge in [0.25, 0.3) is 0 Å². The Kier molecular flexibility index (Phi) is 4.88. The number of Topliss-reactive ketones (excluding diaryl/α,β-unsaturated/α-hetero) is 1. The van der Waals surface area contributed by atoms with Crippen molar-refractivity contribution in [1.82, 2.24) is 9.97 Å². The second kappa shape index (κ2) is 6.66. The Labute approximate surface area is 133 Å². The summed E-state index contributed by atoms with van der Waals surface area (Å²) >= 11 is 5.87. The van der Waals surface area contributed by atoms with Crippen LogP contribution < -0.4 is 5.32 Å². The molecule has 6 heteroatoms. The highest BCUT2D eigenvalue weighted by Crippen LogP contribution is 2.24. The van der Waals surface area contributed by atoms with E-state index in [9.17, 15) is 9.59 Å². The number of halogens is 1. The topological polar surface area (TPSA) is 72.0 Å². The van der Waals surface area contributed by atoms with Gasteiger partial charge in [0.15, 0.2) is 11.6 Å². The molecule has 2 aromatic rings. The van der Waals surface area contributed by atoms with Gasteiger partial charge in [0.1, 0.15) is 5.82 Å². The Morgan fingerprint density at radius 1 is 1.18 bits per heavy atom. The van der Waals surface area contributed by atoms with E-state index >= 15 is 0 Å². The Bertz CT molecular complexity index is 727. The molecule has 0 aliphatic heterocycles. The van der Waals surface area contributed by atoms with Crippen LogP contribution in [-0.4, -0.2) is 21.7 Å². The predicted molar refractivity (Wildman–Crippen MR) is 86.1 cm³/mol. The molecule has 0 aliphatic carbocycles. The zero-order valence-electron chi connectivity index (χ0n) is 12.6. The molecule has 0 spiro atoms. The molecule has 2 rings (SSSR count). The Balaban J connectivity index is 2.56. The molecule has 0 atom stereocenters. The number of nitrogens with one attached hydrogen (secondary N) is 1. The fraction of sp³-hybridized carbons (Fsp3) is 0.250. The van der Waals surface area contributed by atoms with Gasteiger partial charge >= 0.3 is 0 Å². The molecule has 114 valence electrons. The molecule has 5 nitrogen and oxygen atoms in total. The van der Waals surface area contributed by atoms with Crippen molar-refractivity contribution in [3.8, 4) is 11.4 Å². The van der Waals surface area contributed by atoms with Crippen molar-refractivity contribution in [2.45, 2.75) is 27.2 Å². The molecule has 0 fully saturated rings. The van der Waals surface area contributed by atoms with Crippen LogP contribution in [0.4, 0.5) is 5.82 Å². The van der Waals surface area contributed by atoms with Crippen LogP contribution in [-0.2, 0) is 4.79 Å². The standard InChI is InChI=1S/C16H16ClN3O2/c1-4-13(22)19-16-14(10(3)21)9(2)18-15(20-16)11-5-7-12(17)8-6-11/h5-8H,4H2,1-3H3,(H,18,19,20,22). The van der Waals surface area contributed by atoms with E-state index < -0.39 is 0 Å². The van der Waals surface area contributed by atoms with Gasteiger partial charge in [0.2, 0.25) is 5.91 Å². The smallest absolute Gasteiger partial charge is 0.225 e. The Morgan fingerprint density at radius 2 is 1.82 bits per heavy atom. The molecule has 22 heavy (non-hydrogen) atoms. The summed E-state index contributed by atoms with van der Waals surface area (Å²) in [5, 5.41) is 3.28. The van der Waals surface area contributed by atoms with E-state index in [2.05, 4.69) is 15.3 Å². The second-order valence-corrected chi connectivity index (χ2v) is 5.26. The van der Waals surface area contributed by atoms with E-state index in [1.807, 2.05) is 0 Å². The molecule has 1 aromatic carbocycles. The largest absolute Gasteiger partial charge is 0.310 e. The predicted octanol–water partition coefficient (Wildman–Crippen LogP) is 3.66. The highest BCUT2D eigenvalue weighted by Gasteiger charge is 2.17. The van der Waals surface area contributed by atoms with Crippen molar-refractivity contribution in [3.63, 3.8) is 0 Å². The molecular formula is C16H16ClN3O2. The first-order valence-corrected chi connectivity index (χ1v) is 7.25. The summed E-state index contributed by atoms with van der Waals surface area (Å²) in [5.74, 6) is 0.289. The molecule has 0 unspecified atom stereocenters. The van der Waals surface area contributed by atoms with Crippen LogP contribution in [0.1, 0.15) is 36.3 Å². The number of nitrogens with zero attached hydrogens (tertiary/aromatic N) is 2. The van der Waals surface area contributed by atoms with Crippen molar-refractivity contribution < 1.29 is 9.59 Å². The maximum Gasteiger partial charge on any atom is 0.225 e. The van der Waals surface area contributed by atoms with E-state index in [0.717, 1.165) is 5.56 Å². The Hall–Kier alpha value is -2.27. The van der Waals surface area contributed by atoms with Gasteiger partial charge in [-0.15, -0.1) is 0 Å². The van der Waals surface area contributed by atoms with E-state index in [-0.39, 0.29) is 17.5 Å². The number of carbonyl (C=O) groups is 2. The van der Waals surface area contributed by atoms with Crippen LogP contribution >= 0.6 is 11.6 Å². The molecule has 1 N–H and O–H groups in total.